The molecule has 3 heterocycles. The predicted molar refractivity (Wildman–Crippen MR) is 126 cm³/mol. The van der Waals surface area contributed by atoms with E-state index < -0.39 is 5.76 Å². The number of aryl methyl sites for hydroxylation is 1. The van der Waals surface area contributed by atoms with Crippen molar-refractivity contribution >= 4 is 40.1 Å². The van der Waals surface area contributed by atoms with Crippen LogP contribution in [-0.2, 0) is 6.42 Å². The van der Waals surface area contributed by atoms with Crippen LogP contribution in [-0.4, -0.2) is 39.4 Å². The number of H-pyrrole nitrogens is 1. The van der Waals surface area contributed by atoms with E-state index in [0.717, 1.165) is 28.9 Å². The second-order valence-corrected chi connectivity index (χ2v) is 7.93. The number of fused-ring (bicyclic) bond motifs is 2. The number of amides is 1. The van der Waals surface area contributed by atoms with Crippen LogP contribution >= 0.6 is 0 Å². The van der Waals surface area contributed by atoms with Gasteiger partial charge in [0.05, 0.1) is 5.52 Å². The Morgan fingerprint density at radius 1 is 1.06 bits per heavy atom. The van der Waals surface area contributed by atoms with Gasteiger partial charge >= 0.3 is 5.76 Å². The molecule has 0 spiro atoms. The maximum atomic E-state index is 12.8. The fourth-order valence-corrected chi connectivity index (χ4v) is 3.69. The molecule has 3 N–H and O–H groups in total. The second-order valence-electron chi connectivity index (χ2n) is 7.93. The summed E-state index contributed by atoms with van der Waals surface area (Å²) >= 11 is 0. The summed E-state index contributed by atoms with van der Waals surface area (Å²) in [6.45, 7) is 2.49. The van der Waals surface area contributed by atoms with Crippen molar-refractivity contribution in [3.8, 4) is 0 Å². The minimum absolute atomic E-state index is 0.0159. The first-order valence-electron chi connectivity index (χ1n) is 10.5. The topological polar surface area (TPSA) is 116 Å². The Kier molecular flexibility index (Phi) is 5.14. The van der Waals surface area contributed by atoms with Gasteiger partial charge in [0.1, 0.15) is 5.82 Å². The lowest BCUT2D eigenvalue weighted by molar-refractivity contribution is 0.0808. The maximum Gasteiger partial charge on any atom is 0.417 e. The zero-order valence-electron chi connectivity index (χ0n) is 18.2. The number of nitrogens with one attached hydrogen (secondary N) is 3. The van der Waals surface area contributed by atoms with E-state index in [1.165, 1.54) is 0 Å². The molecule has 33 heavy (non-hydrogen) atoms. The fraction of sp³-hybridized carbons (Fsp3) is 0.167. The lowest BCUT2D eigenvalue weighted by Gasteiger charge is -2.20. The SMILES string of the molecule is Cc1cnc(Nc2ccc3c(c2)C(=O)N(C)CC=CC3)nc1Nc1ccc2oc(=O)[nH]c2c1. The summed E-state index contributed by atoms with van der Waals surface area (Å²) in [5, 5.41) is 6.45. The lowest BCUT2D eigenvalue weighted by atomic mass is 10.0. The number of carbonyl (C=O) groups is 1. The standard InChI is InChI=1S/C24H22N6O3/c1-14-13-25-23(29-21(14)26-17-8-9-20-19(12-17)28-24(32)33-20)27-16-7-6-15-5-3-4-10-30(2)22(31)18(15)11-16/h3-4,6-9,11-13H,5,10H2,1-2H3,(H,28,32)(H2,25,26,27,29). The van der Waals surface area contributed by atoms with Crippen LogP contribution in [0.5, 0.6) is 0 Å². The number of oxazole rings is 1. The van der Waals surface area contributed by atoms with Gasteiger partial charge in [-0.25, -0.2) is 9.78 Å². The average molecular weight is 442 g/mol. The Hall–Kier alpha value is -4.40. The van der Waals surface area contributed by atoms with Crippen molar-refractivity contribution in [1.29, 1.82) is 0 Å². The largest absolute Gasteiger partial charge is 0.417 e. The Labute approximate surface area is 189 Å². The molecule has 9 heteroatoms. The first-order valence-corrected chi connectivity index (χ1v) is 10.5. The van der Waals surface area contributed by atoms with Crippen molar-refractivity contribution in [3.63, 3.8) is 0 Å². The number of hydrogen-bond donors (Lipinski definition) is 3. The number of rotatable bonds is 4. The molecule has 5 rings (SSSR count). The van der Waals surface area contributed by atoms with E-state index in [1.807, 2.05) is 31.2 Å². The van der Waals surface area contributed by atoms with E-state index in [0.29, 0.717) is 35.0 Å². The van der Waals surface area contributed by atoms with Gasteiger partial charge in [-0.1, -0.05) is 18.2 Å². The third kappa shape index (κ3) is 4.20. The van der Waals surface area contributed by atoms with Crippen LogP contribution in [0.1, 0.15) is 21.5 Å². The Morgan fingerprint density at radius 2 is 1.88 bits per heavy atom. The van der Waals surface area contributed by atoms with Crippen LogP contribution in [0.25, 0.3) is 11.1 Å². The molecule has 1 aliphatic rings. The minimum Gasteiger partial charge on any atom is -0.408 e. The zero-order chi connectivity index (χ0) is 22.9. The summed E-state index contributed by atoms with van der Waals surface area (Å²) in [5.41, 5.74) is 5.06. The summed E-state index contributed by atoms with van der Waals surface area (Å²) in [6, 6.07) is 11.0. The van der Waals surface area contributed by atoms with Gasteiger partial charge in [-0.05, 0) is 49.2 Å². The zero-order valence-corrected chi connectivity index (χ0v) is 18.2. The van der Waals surface area contributed by atoms with Crippen LogP contribution in [0.4, 0.5) is 23.1 Å². The third-order valence-corrected chi connectivity index (χ3v) is 5.48. The normalized spacial score (nSPS) is 13.5. The molecule has 0 saturated carbocycles. The molecule has 0 fully saturated rings. The molecule has 166 valence electrons. The van der Waals surface area contributed by atoms with Crippen molar-refractivity contribution < 1.29 is 9.21 Å². The van der Waals surface area contributed by atoms with Crippen LogP contribution in [0.2, 0.25) is 0 Å². The van der Waals surface area contributed by atoms with E-state index in [1.54, 1.807) is 36.3 Å². The van der Waals surface area contributed by atoms with Crippen molar-refractivity contribution in [2.45, 2.75) is 13.3 Å². The van der Waals surface area contributed by atoms with Gasteiger partial charge in [-0.3, -0.25) is 9.78 Å². The van der Waals surface area contributed by atoms with E-state index in [2.05, 4.69) is 31.7 Å². The molecular formula is C24H22N6O3. The highest BCUT2D eigenvalue weighted by Gasteiger charge is 2.17. The molecule has 0 aliphatic carbocycles. The van der Waals surface area contributed by atoms with Crippen molar-refractivity contribution in [2.24, 2.45) is 0 Å². The highest BCUT2D eigenvalue weighted by Crippen LogP contribution is 2.25. The molecular weight excluding hydrogens is 420 g/mol. The van der Waals surface area contributed by atoms with Gasteiger partial charge in [-0.2, -0.15) is 4.98 Å². The van der Waals surface area contributed by atoms with Gasteiger partial charge < -0.3 is 20.0 Å². The number of carbonyl (C=O) groups excluding carboxylic acids is 1. The second kappa shape index (κ2) is 8.27. The summed E-state index contributed by atoms with van der Waals surface area (Å²) in [4.78, 5) is 37.5. The number of likely N-dealkylation sites (N-methyl/N-ethyl adjacent to an activating group) is 1. The molecule has 0 radical (unpaired) electrons. The van der Waals surface area contributed by atoms with Crippen molar-refractivity contribution in [2.75, 3.05) is 24.2 Å². The summed E-state index contributed by atoms with van der Waals surface area (Å²) in [5.74, 6) is 0.499. The molecule has 0 unspecified atom stereocenters. The minimum atomic E-state index is -0.496. The van der Waals surface area contributed by atoms with Gasteiger partial charge in [0, 0.05) is 42.3 Å². The van der Waals surface area contributed by atoms with Gasteiger partial charge in [0.15, 0.2) is 5.58 Å². The number of benzene rings is 2. The van der Waals surface area contributed by atoms with E-state index in [4.69, 9.17) is 4.42 Å². The lowest BCUT2D eigenvalue weighted by Crippen LogP contribution is -2.28. The highest BCUT2D eigenvalue weighted by atomic mass is 16.4. The Balaban J connectivity index is 1.41. The number of aromatic nitrogens is 3. The molecule has 9 nitrogen and oxygen atoms in total. The molecule has 2 aromatic heterocycles. The van der Waals surface area contributed by atoms with E-state index in [-0.39, 0.29) is 5.91 Å². The molecule has 0 saturated heterocycles. The Morgan fingerprint density at radius 3 is 2.76 bits per heavy atom. The van der Waals surface area contributed by atoms with Crippen LogP contribution in [0, 0.1) is 6.92 Å². The van der Waals surface area contributed by atoms with E-state index in [9.17, 15) is 9.59 Å². The summed E-state index contributed by atoms with van der Waals surface area (Å²) < 4.78 is 5.05. The quantitative estimate of drug-likeness (QED) is 0.411. The monoisotopic (exact) mass is 442 g/mol. The van der Waals surface area contributed by atoms with Crippen LogP contribution < -0.4 is 16.4 Å². The maximum absolute atomic E-state index is 12.8. The van der Waals surface area contributed by atoms with Gasteiger partial charge in [0.2, 0.25) is 5.95 Å². The third-order valence-electron chi connectivity index (χ3n) is 5.48. The number of aromatic amines is 1. The highest BCUT2D eigenvalue weighted by molar-refractivity contribution is 5.97. The molecule has 4 aromatic rings. The molecule has 2 aromatic carbocycles. The Bertz CT molecular complexity index is 1450. The number of anilines is 4. The fourth-order valence-electron chi connectivity index (χ4n) is 3.69. The molecule has 0 atom stereocenters. The first kappa shape index (κ1) is 20.5. The number of allylic oxidation sites excluding steroid dienone is 1. The average Bonchev–Trinajstić information content (AvgIpc) is 3.17. The summed E-state index contributed by atoms with van der Waals surface area (Å²) in [6.07, 6.45) is 6.51. The first-order chi connectivity index (χ1) is 16.0. The molecule has 1 aliphatic heterocycles. The van der Waals surface area contributed by atoms with Crippen molar-refractivity contribution in [3.05, 3.63) is 82.0 Å². The number of hydrogen-bond acceptors (Lipinski definition) is 7. The van der Waals surface area contributed by atoms with Crippen LogP contribution in [0.3, 0.4) is 0 Å². The van der Waals surface area contributed by atoms with Crippen LogP contribution in [0.15, 0.2) is 64.0 Å². The molecule has 0 bridgehead atoms. The van der Waals surface area contributed by atoms with Crippen molar-refractivity contribution in [1.82, 2.24) is 19.9 Å². The molecule has 1 amide bonds. The predicted octanol–water partition coefficient (Wildman–Crippen LogP) is 3.89. The smallest absolute Gasteiger partial charge is 0.408 e. The van der Waals surface area contributed by atoms with Gasteiger partial charge in [-0.15, -0.1) is 0 Å². The van der Waals surface area contributed by atoms with E-state index >= 15 is 0 Å². The number of nitrogens with zero attached hydrogens (tertiary/aromatic N) is 3. The van der Waals surface area contributed by atoms with Gasteiger partial charge in [0.25, 0.3) is 5.91 Å². The summed E-state index contributed by atoms with van der Waals surface area (Å²) in [7, 11) is 1.79.